The van der Waals surface area contributed by atoms with E-state index in [4.69, 9.17) is 5.73 Å². The van der Waals surface area contributed by atoms with Gasteiger partial charge in [0.15, 0.2) is 0 Å². The molecule has 0 aromatic heterocycles. The highest BCUT2D eigenvalue weighted by molar-refractivity contribution is 7.80. The van der Waals surface area contributed by atoms with E-state index in [2.05, 4.69) is 22.4 Å². The van der Waals surface area contributed by atoms with Crippen molar-refractivity contribution in [3.63, 3.8) is 0 Å². The standard InChI is InChI=1S/C2H3N3OS/c3-2(7)5-4-1-6/h1H,(H2,3,7). The zero-order valence-corrected chi connectivity index (χ0v) is 4.18. The maximum atomic E-state index is 9.33. The molecule has 0 saturated heterocycles. The van der Waals surface area contributed by atoms with Crippen LogP contribution in [0.15, 0.2) is 10.2 Å². The van der Waals surface area contributed by atoms with Crippen molar-refractivity contribution in [3.05, 3.63) is 0 Å². The number of carbonyl (C=O) groups is 1. The Morgan fingerprint density at radius 1 is 1.86 bits per heavy atom. The van der Waals surface area contributed by atoms with Crippen LogP contribution in [0.25, 0.3) is 0 Å². The second kappa shape index (κ2) is 3.35. The molecule has 0 radical (unpaired) electrons. The molecule has 7 heavy (non-hydrogen) atoms. The van der Waals surface area contributed by atoms with Gasteiger partial charge in [0.05, 0.1) is 0 Å². The highest BCUT2D eigenvalue weighted by atomic mass is 32.1. The molecule has 0 spiro atoms. The lowest BCUT2D eigenvalue weighted by molar-refractivity contribution is -0.107. The van der Waals surface area contributed by atoms with Gasteiger partial charge in [-0.15, -0.1) is 10.2 Å². The van der Waals surface area contributed by atoms with E-state index < -0.39 is 0 Å². The van der Waals surface area contributed by atoms with Gasteiger partial charge in [0.25, 0.3) is 6.41 Å². The van der Waals surface area contributed by atoms with Crippen LogP contribution in [0.3, 0.4) is 0 Å². The second-order valence-electron chi connectivity index (χ2n) is 0.659. The molecule has 0 aliphatic heterocycles. The molecule has 5 heteroatoms. The van der Waals surface area contributed by atoms with Crippen molar-refractivity contribution in [2.24, 2.45) is 16.0 Å². The van der Waals surface area contributed by atoms with E-state index in [1.165, 1.54) is 0 Å². The predicted octanol–water partition coefficient (Wildman–Crippen LogP) is -0.161. The average molecular weight is 117 g/mol. The lowest BCUT2D eigenvalue weighted by atomic mass is 11.2. The van der Waals surface area contributed by atoms with Gasteiger partial charge in [-0.05, 0) is 12.2 Å². The summed E-state index contributed by atoms with van der Waals surface area (Å²) in [5.74, 6) is 0. The highest BCUT2D eigenvalue weighted by Gasteiger charge is 1.72. The Labute approximate surface area is 45.4 Å². The van der Waals surface area contributed by atoms with Crippen LogP contribution >= 0.6 is 12.2 Å². The highest BCUT2D eigenvalue weighted by Crippen LogP contribution is 1.67. The number of thiocarbonyl (C=S) groups is 1. The molecule has 1 amide bonds. The summed E-state index contributed by atoms with van der Waals surface area (Å²) in [6.45, 7) is 0. The Kier molecular flexibility index (Phi) is 2.95. The minimum atomic E-state index is -0.132. The zero-order chi connectivity index (χ0) is 5.70. The SMILES string of the molecule is NC(=S)N=NC=O. The summed E-state index contributed by atoms with van der Waals surface area (Å²) >= 11 is 4.22. The Hall–Kier alpha value is -0.840. The van der Waals surface area contributed by atoms with Gasteiger partial charge in [-0.1, -0.05) is 0 Å². The number of carbonyl (C=O) groups excluding carboxylic acids is 1. The molecular weight excluding hydrogens is 114 g/mol. The molecule has 0 saturated carbocycles. The fourth-order valence-electron chi connectivity index (χ4n) is 0.0805. The molecule has 0 bridgehead atoms. The van der Waals surface area contributed by atoms with Crippen LogP contribution in [-0.2, 0) is 4.79 Å². The van der Waals surface area contributed by atoms with Crippen LogP contribution in [0.5, 0.6) is 0 Å². The number of amides is 1. The largest absolute Gasteiger partial charge is 0.373 e. The second-order valence-corrected chi connectivity index (χ2v) is 1.08. The van der Waals surface area contributed by atoms with Crippen LogP contribution in [-0.4, -0.2) is 11.5 Å². The first-order valence-electron chi connectivity index (χ1n) is 1.41. The number of hydrogen-bond donors (Lipinski definition) is 1. The van der Waals surface area contributed by atoms with Crippen molar-refractivity contribution in [1.29, 1.82) is 0 Å². The number of rotatable bonds is 1. The molecule has 4 nitrogen and oxygen atoms in total. The molecule has 0 rings (SSSR count). The van der Waals surface area contributed by atoms with Crippen LogP contribution in [0.4, 0.5) is 0 Å². The van der Waals surface area contributed by atoms with E-state index in [1.807, 2.05) is 0 Å². The number of hydrogen-bond acceptors (Lipinski definition) is 2. The van der Waals surface area contributed by atoms with E-state index in [0.717, 1.165) is 0 Å². The number of nitrogens with zero attached hydrogens (tertiary/aromatic N) is 2. The molecule has 0 aromatic carbocycles. The lowest BCUT2D eigenvalue weighted by Crippen LogP contribution is -2.01. The molecule has 0 fully saturated rings. The molecular formula is C2H3N3OS. The summed E-state index contributed by atoms with van der Waals surface area (Å²) in [7, 11) is 0. The third-order valence-corrected chi connectivity index (χ3v) is 0.285. The van der Waals surface area contributed by atoms with E-state index in [-0.39, 0.29) is 11.5 Å². The van der Waals surface area contributed by atoms with Crippen molar-refractivity contribution in [2.75, 3.05) is 0 Å². The minimum absolute atomic E-state index is 0.132. The summed E-state index contributed by atoms with van der Waals surface area (Å²) in [5, 5.41) is 5.73. The quantitative estimate of drug-likeness (QED) is 0.295. The maximum Gasteiger partial charge on any atom is 0.252 e. The summed E-state index contributed by atoms with van der Waals surface area (Å²) in [6, 6.07) is 0. The summed E-state index contributed by atoms with van der Waals surface area (Å²) in [6.07, 6.45) is 0.263. The normalized spacial score (nSPS) is 9.14. The summed E-state index contributed by atoms with van der Waals surface area (Å²) in [5.41, 5.74) is 4.79. The van der Waals surface area contributed by atoms with E-state index in [9.17, 15) is 4.79 Å². The van der Waals surface area contributed by atoms with E-state index in [1.54, 1.807) is 0 Å². The average Bonchev–Trinajstić information content (AvgIpc) is 1.61. The lowest BCUT2D eigenvalue weighted by Gasteiger charge is -1.72. The Morgan fingerprint density at radius 2 is 2.43 bits per heavy atom. The zero-order valence-electron chi connectivity index (χ0n) is 3.37. The Bertz CT molecular complexity index is 110. The van der Waals surface area contributed by atoms with Gasteiger partial charge in [-0.3, -0.25) is 4.79 Å². The van der Waals surface area contributed by atoms with Gasteiger partial charge >= 0.3 is 0 Å². The van der Waals surface area contributed by atoms with Crippen molar-refractivity contribution in [2.45, 2.75) is 0 Å². The fraction of sp³-hybridized carbons (Fsp3) is 0. The van der Waals surface area contributed by atoms with Crippen LogP contribution in [0.2, 0.25) is 0 Å². The van der Waals surface area contributed by atoms with Gasteiger partial charge in [0.1, 0.15) is 0 Å². The van der Waals surface area contributed by atoms with E-state index in [0.29, 0.717) is 0 Å². The molecule has 0 atom stereocenters. The third-order valence-electron chi connectivity index (χ3n) is 0.203. The summed E-state index contributed by atoms with van der Waals surface area (Å²) in [4.78, 5) is 9.33. The molecule has 0 heterocycles. The predicted molar refractivity (Wildman–Crippen MR) is 27.7 cm³/mol. The van der Waals surface area contributed by atoms with Crippen LogP contribution < -0.4 is 5.73 Å². The number of nitrogens with two attached hydrogens (primary N) is 1. The molecule has 0 aliphatic rings. The van der Waals surface area contributed by atoms with Gasteiger partial charge in [0, 0.05) is 0 Å². The summed E-state index contributed by atoms with van der Waals surface area (Å²) < 4.78 is 0. The van der Waals surface area contributed by atoms with Gasteiger partial charge in [-0.2, -0.15) is 0 Å². The maximum absolute atomic E-state index is 9.33. The topological polar surface area (TPSA) is 67.8 Å². The van der Waals surface area contributed by atoms with Crippen molar-refractivity contribution >= 4 is 23.7 Å². The molecule has 0 unspecified atom stereocenters. The monoisotopic (exact) mass is 117 g/mol. The van der Waals surface area contributed by atoms with Crippen LogP contribution in [0, 0.1) is 0 Å². The molecule has 2 N–H and O–H groups in total. The van der Waals surface area contributed by atoms with Crippen LogP contribution in [0.1, 0.15) is 0 Å². The first-order chi connectivity index (χ1) is 3.27. The number of azo groups is 1. The minimum Gasteiger partial charge on any atom is -0.373 e. The first kappa shape index (κ1) is 6.16. The molecule has 38 valence electrons. The first-order valence-corrected chi connectivity index (χ1v) is 1.82. The molecule has 0 aromatic rings. The smallest absolute Gasteiger partial charge is 0.252 e. The van der Waals surface area contributed by atoms with Crippen molar-refractivity contribution in [1.82, 2.24) is 0 Å². The molecule has 0 aliphatic carbocycles. The fourth-order valence-corrected chi connectivity index (χ4v) is 0.128. The van der Waals surface area contributed by atoms with Gasteiger partial charge < -0.3 is 5.73 Å². The Balaban J connectivity index is 3.46. The van der Waals surface area contributed by atoms with Gasteiger partial charge in [0.2, 0.25) is 5.11 Å². The van der Waals surface area contributed by atoms with Crippen molar-refractivity contribution < 1.29 is 4.79 Å². The Morgan fingerprint density at radius 3 is 2.57 bits per heavy atom. The van der Waals surface area contributed by atoms with E-state index >= 15 is 0 Å². The van der Waals surface area contributed by atoms with Crippen molar-refractivity contribution in [3.8, 4) is 0 Å². The van der Waals surface area contributed by atoms with Gasteiger partial charge in [-0.25, -0.2) is 0 Å². The third kappa shape index (κ3) is 5.16.